The van der Waals surface area contributed by atoms with Crippen molar-refractivity contribution in [3.8, 4) is 5.75 Å². The van der Waals surface area contributed by atoms with Gasteiger partial charge in [0.2, 0.25) is 0 Å². The third kappa shape index (κ3) is 5.79. The van der Waals surface area contributed by atoms with Gasteiger partial charge < -0.3 is 10.1 Å². The molecule has 1 heterocycles. The molecule has 168 valence electrons. The van der Waals surface area contributed by atoms with Crippen LogP contribution in [-0.4, -0.2) is 15.7 Å². The van der Waals surface area contributed by atoms with Crippen molar-refractivity contribution in [3.05, 3.63) is 112 Å². The number of rotatable bonds is 7. The number of aromatic nitrogens is 2. The lowest BCUT2D eigenvalue weighted by molar-refractivity contribution is 0.102. The van der Waals surface area contributed by atoms with E-state index in [1.165, 1.54) is 12.1 Å². The molecule has 33 heavy (non-hydrogen) atoms. The Hall–Kier alpha value is -3.64. The Labute approximate surface area is 196 Å². The molecule has 1 aromatic heterocycles. The standard InChI is InChI=1S/C26H23ClFN3O2/c1-17-10-24(11-18(2)25(17)27)33-16-19-6-8-21(9-7-19)26(32)30-23-13-29-31(15-23)14-20-4-3-5-22(28)12-20/h3-13,15H,14,16H2,1-2H3,(H,30,32). The van der Waals surface area contributed by atoms with Gasteiger partial charge in [-0.1, -0.05) is 35.9 Å². The molecule has 4 aromatic rings. The maximum absolute atomic E-state index is 13.3. The van der Waals surface area contributed by atoms with Gasteiger partial charge in [0.25, 0.3) is 5.91 Å². The predicted octanol–water partition coefficient (Wildman–Crippen LogP) is 6.17. The Balaban J connectivity index is 1.33. The molecule has 5 nitrogen and oxygen atoms in total. The Morgan fingerprint density at radius 2 is 1.79 bits per heavy atom. The molecule has 0 spiro atoms. The van der Waals surface area contributed by atoms with Crippen LogP contribution in [0.5, 0.6) is 5.75 Å². The average molecular weight is 464 g/mol. The molecule has 4 rings (SSSR count). The second-order valence-electron chi connectivity index (χ2n) is 7.87. The Morgan fingerprint density at radius 1 is 1.06 bits per heavy atom. The molecule has 1 N–H and O–H groups in total. The third-order valence-corrected chi connectivity index (χ3v) is 5.75. The number of amides is 1. The van der Waals surface area contributed by atoms with Crippen molar-refractivity contribution < 1.29 is 13.9 Å². The second-order valence-corrected chi connectivity index (χ2v) is 8.25. The van der Waals surface area contributed by atoms with Crippen LogP contribution in [0.15, 0.2) is 73.1 Å². The van der Waals surface area contributed by atoms with E-state index in [4.69, 9.17) is 16.3 Å². The molecule has 0 unspecified atom stereocenters. The summed E-state index contributed by atoms with van der Waals surface area (Å²) in [6, 6.07) is 17.4. The summed E-state index contributed by atoms with van der Waals surface area (Å²) in [6.45, 7) is 4.69. The SMILES string of the molecule is Cc1cc(OCc2ccc(C(=O)Nc3cnn(Cc4cccc(F)c4)c3)cc2)cc(C)c1Cl. The molecule has 0 saturated carbocycles. The molecule has 0 aliphatic carbocycles. The van der Waals surface area contributed by atoms with E-state index in [1.807, 2.05) is 44.2 Å². The highest BCUT2D eigenvalue weighted by Crippen LogP contribution is 2.26. The first-order chi connectivity index (χ1) is 15.9. The van der Waals surface area contributed by atoms with Crippen molar-refractivity contribution in [1.29, 1.82) is 0 Å². The highest BCUT2D eigenvalue weighted by molar-refractivity contribution is 6.32. The van der Waals surface area contributed by atoms with E-state index in [1.54, 1.807) is 35.3 Å². The minimum Gasteiger partial charge on any atom is -0.489 e. The van der Waals surface area contributed by atoms with Crippen LogP contribution in [0.2, 0.25) is 5.02 Å². The highest BCUT2D eigenvalue weighted by atomic mass is 35.5. The molecule has 3 aromatic carbocycles. The van der Waals surface area contributed by atoms with Gasteiger partial charge in [0, 0.05) is 16.8 Å². The fourth-order valence-corrected chi connectivity index (χ4v) is 3.56. The van der Waals surface area contributed by atoms with Gasteiger partial charge in [0.15, 0.2) is 0 Å². The monoisotopic (exact) mass is 463 g/mol. The van der Waals surface area contributed by atoms with Crippen LogP contribution >= 0.6 is 11.6 Å². The predicted molar refractivity (Wildman–Crippen MR) is 127 cm³/mol. The van der Waals surface area contributed by atoms with Gasteiger partial charge in [-0.15, -0.1) is 0 Å². The maximum Gasteiger partial charge on any atom is 0.255 e. The van der Waals surface area contributed by atoms with Gasteiger partial charge >= 0.3 is 0 Å². The van der Waals surface area contributed by atoms with Crippen molar-refractivity contribution in [3.63, 3.8) is 0 Å². The molecular formula is C26H23ClFN3O2. The van der Waals surface area contributed by atoms with E-state index < -0.39 is 0 Å². The van der Waals surface area contributed by atoms with Crippen LogP contribution in [0.1, 0.15) is 32.6 Å². The Kier molecular flexibility index (Phi) is 6.75. The van der Waals surface area contributed by atoms with Gasteiger partial charge in [-0.2, -0.15) is 5.10 Å². The van der Waals surface area contributed by atoms with Crippen molar-refractivity contribution >= 4 is 23.2 Å². The van der Waals surface area contributed by atoms with Crippen molar-refractivity contribution in [2.75, 3.05) is 5.32 Å². The summed E-state index contributed by atoms with van der Waals surface area (Å²) in [4.78, 5) is 12.6. The molecule has 0 bridgehead atoms. The van der Waals surface area contributed by atoms with E-state index in [9.17, 15) is 9.18 Å². The van der Waals surface area contributed by atoms with Crippen LogP contribution in [-0.2, 0) is 13.2 Å². The molecule has 0 aliphatic rings. The minimum atomic E-state index is -0.291. The number of nitrogens with zero attached hydrogens (tertiary/aromatic N) is 2. The molecule has 0 aliphatic heterocycles. The van der Waals surface area contributed by atoms with E-state index in [-0.39, 0.29) is 11.7 Å². The summed E-state index contributed by atoms with van der Waals surface area (Å²) < 4.78 is 20.9. The van der Waals surface area contributed by atoms with Crippen molar-refractivity contribution in [1.82, 2.24) is 9.78 Å². The topological polar surface area (TPSA) is 56.1 Å². The first kappa shape index (κ1) is 22.6. The normalized spacial score (nSPS) is 10.8. The van der Waals surface area contributed by atoms with Crippen molar-refractivity contribution in [2.24, 2.45) is 0 Å². The summed E-state index contributed by atoms with van der Waals surface area (Å²) in [5.41, 5.74) is 4.76. The van der Waals surface area contributed by atoms with Crippen LogP contribution in [0, 0.1) is 19.7 Å². The van der Waals surface area contributed by atoms with Gasteiger partial charge in [-0.05, 0) is 72.5 Å². The number of ether oxygens (including phenoxy) is 1. The Morgan fingerprint density at radius 3 is 2.48 bits per heavy atom. The fourth-order valence-electron chi connectivity index (χ4n) is 3.45. The first-order valence-corrected chi connectivity index (χ1v) is 10.8. The molecule has 1 amide bonds. The second kappa shape index (κ2) is 9.88. The van der Waals surface area contributed by atoms with Gasteiger partial charge in [-0.3, -0.25) is 9.48 Å². The smallest absolute Gasteiger partial charge is 0.255 e. The lowest BCUT2D eigenvalue weighted by Gasteiger charge is -2.10. The van der Waals surface area contributed by atoms with Gasteiger partial charge in [0.05, 0.1) is 18.4 Å². The number of aryl methyl sites for hydroxylation is 2. The average Bonchev–Trinajstić information content (AvgIpc) is 3.22. The molecule has 0 fully saturated rings. The number of nitrogens with one attached hydrogen (secondary N) is 1. The maximum atomic E-state index is 13.3. The van der Waals surface area contributed by atoms with E-state index in [0.717, 1.165) is 33.0 Å². The summed E-state index contributed by atoms with van der Waals surface area (Å²) in [5, 5.41) is 7.81. The summed E-state index contributed by atoms with van der Waals surface area (Å²) >= 11 is 6.20. The molecule has 0 radical (unpaired) electrons. The number of halogens is 2. The van der Waals surface area contributed by atoms with Crippen LogP contribution in [0.25, 0.3) is 0 Å². The molecular weight excluding hydrogens is 441 g/mol. The number of hydrogen-bond acceptors (Lipinski definition) is 3. The van der Waals surface area contributed by atoms with E-state index >= 15 is 0 Å². The number of anilines is 1. The van der Waals surface area contributed by atoms with E-state index in [0.29, 0.717) is 24.4 Å². The van der Waals surface area contributed by atoms with Crippen molar-refractivity contribution in [2.45, 2.75) is 27.0 Å². The molecule has 0 atom stereocenters. The zero-order chi connectivity index (χ0) is 23.4. The summed E-state index contributed by atoms with van der Waals surface area (Å²) in [6.07, 6.45) is 3.27. The highest BCUT2D eigenvalue weighted by Gasteiger charge is 2.09. The van der Waals surface area contributed by atoms with Crippen LogP contribution in [0.3, 0.4) is 0 Å². The lowest BCUT2D eigenvalue weighted by atomic mass is 10.1. The molecule has 7 heteroatoms. The first-order valence-electron chi connectivity index (χ1n) is 10.4. The summed E-state index contributed by atoms with van der Waals surface area (Å²) in [5.74, 6) is 0.226. The minimum absolute atomic E-state index is 0.239. The van der Waals surface area contributed by atoms with Gasteiger partial charge in [-0.25, -0.2) is 4.39 Å². The van der Waals surface area contributed by atoms with E-state index in [2.05, 4.69) is 10.4 Å². The molecule has 0 saturated heterocycles. The number of carbonyl (C=O) groups excluding carboxylic acids is 1. The Bertz CT molecular complexity index is 1260. The third-order valence-electron chi connectivity index (χ3n) is 5.16. The zero-order valence-electron chi connectivity index (χ0n) is 18.3. The number of benzene rings is 3. The largest absolute Gasteiger partial charge is 0.489 e. The number of carbonyl (C=O) groups is 1. The quantitative estimate of drug-likeness (QED) is 0.356. The van der Waals surface area contributed by atoms with Crippen LogP contribution < -0.4 is 10.1 Å². The lowest BCUT2D eigenvalue weighted by Crippen LogP contribution is -2.11. The number of hydrogen-bond donors (Lipinski definition) is 1. The van der Waals surface area contributed by atoms with Crippen LogP contribution in [0.4, 0.5) is 10.1 Å². The summed E-state index contributed by atoms with van der Waals surface area (Å²) in [7, 11) is 0. The zero-order valence-corrected chi connectivity index (χ0v) is 19.1. The van der Waals surface area contributed by atoms with Gasteiger partial charge in [0.1, 0.15) is 18.2 Å². The fraction of sp³-hybridized carbons (Fsp3) is 0.154.